The minimum absolute atomic E-state index is 0.125. The van der Waals surface area contributed by atoms with Crippen molar-refractivity contribution in [3.63, 3.8) is 0 Å². The van der Waals surface area contributed by atoms with Gasteiger partial charge in [-0.25, -0.2) is 4.39 Å². The summed E-state index contributed by atoms with van der Waals surface area (Å²) >= 11 is 0. The van der Waals surface area contributed by atoms with Gasteiger partial charge < -0.3 is 11.1 Å². The molecule has 0 fully saturated rings. The molecule has 0 aliphatic rings. The molecule has 0 saturated carbocycles. The van der Waals surface area contributed by atoms with E-state index in [1.165, 1.54) is 24.3 Å². The Labute approximate surface area is 94.8 Å². The molecule has 3 nitrogen and oxygen atoms in total. The van der Waals surface area contributed by atoms with Gasteiger partial charge in [0.2, 0.25) is 5.91 Å². The van der Waals surface area contributed by atoms with Crippen LogP contribution in [0.25, 0.3) is 0 Å². The fraction of sp³-hybridized carbons (Fsp3) is 0.417. The standard InChI is InChI=1S/C12H17FN2O/c1-3-8(2)11(14)12(16)15-10-6-4-9(13)5-7-10/h4-8,11H,3,14H2,1-2H3,(H,15,16)/t8?,11-/m1/s1. The molecule has 0 radical (unpaired) electrons. The summed E-state index contributed by atoms with van der Waals surface area (Å²) < 4.78 is 12.6. The second kappa shape index (κ2) is 5.61. The average molecular weight is 224 g/mol. The van der Waals surface area contributed by atoms with Gasteiger partial charge in [0.05, 0.1) is 6.04 Å². The first-order valence-corrected chi connectivity index (χ1v) is 5.36. The van der Waals surface area contributed by atoms with Gasteiger partial charge in [-0.3, -0.25) is 4.79 Å². The van der Waals surface area contributed by atoms with Crippen molar-refractivity contribution < 1.29 is 9.18 Å². The fourth-order valence-corrected chi connectivity index (χ4v) is 1.27. The fourth-order valence-electron chi connectivity index (χ4n) is 1.27. The molecule has 1 aromatic carbocycles. The maximum absolute atomic E-state index is 12.6. The second-order valence-electron chi connectivity index (χ2n) is 3.91. The van der Waals surface area contributed by atoms with Crippen LogP contribution in [-0.4, -0.2) is 11.9 Å². The summed E-state index contributed by atoms with van der Waals surface area (Å²) in [5, 5.41) is 2.65. The van der Waals surface area contributed by atoms with Crippen LogP contribution in [-0.2, 0) is 4.79 Å². The minimum Gasteiger partial charge on any atom is -0.325 e. The molecule has 1 unspecified atom stereocenters. The van der Waals surface area contributed by atoms with Gasteiger partial charge >= 0.3 is 0 Å². The third-order valence-corrected chi connectivity index (χ3v) is 2.67. The molecule has 1 amide bonds. The van der Waals surface area contributed by atoms with Crippen LogP contribution in [0.1, 0.15) is 20.3 Å². The van der Waals surface area contributed by atoms with Crippen LogP contribution in [0, 0.1) is 11.7 Å². The van der Waals surface area contributed by atoms with E-state index in [1.54, 1.807) is 0 Å². The zero-order chi connectivity index (χ0) is 12.1. The van der Waals surface area contributed by atoms with E-state index in [-0.39, 0.29) is 17.6 Å². The summed E-state index contributed by atoms with van der Waals surface area (Å²) in [4.78, 5) is 11.7. The molecule has 1 aromatic rings. The first-order chi connectivity index (χ1) is 7.54. The van der Waals surface area contributed by atoms with Crippen molar-refractivity contribution in [2.75, 3.05) is 5.32 Å². The molecule has 0 aliphatic carbocycles. The topological polar surface area (TPSA) is 55.1 Å². The molecule has 0 aliphatic heterocycles. The second-order valence-corrected chi connectivity index (χ2v) is 3.91. The summed E-state index contributed by atoms with van der Waals surface area (Å²) in [5.41, 5.74) is 6.32. The number of hydrogen-bond donors (Lipinski definition) is 2. The van der Waals surface area contributed by atoms with Crippen molar-refractivity contribution >= 4 is 11.6 Å². The Kier molecular flexibility index (Phi) is 4.43. The van der Waals surface area contributed by atoms with E-state index in [0.29, 0.717) is 5.69 Å². The number of carbonyl (C=O) groups excluding carboxylic acids is 1. The SMILES string of the molecule is CCC(C)[C@@H](N)C(=O)Nc1ccc(F)cc1. The van der Waals surface area contributed by atoms with Gasteiger partial charge in [-0.2, -0.15) is 0 Å². The van der Waals surface area contributed by atoms with Crippen molar-refractivity contribution in [1.29, 1.82) is 0 Å². The molecule has 16 heavy (non-hydrogen) atoms. The lowest BCUT2D eigenvalue weighted by atomic mass is 9.99. The highest BCUT2D eigenvalue weighted by atomic mass is 19.1. The van der Waals surface area contributed by atoms with Gasteiger partial charge in [-0.1, -0.05) is 20.3 Å². The molecule has 3 N–H and O–H groups in total. The molecule has 88 valence electrons. The highest BCUT2D eigenvalue weighted by Gasteiger charge is 2.19. The summed E-state index contributed by atoms with van der Waals surface area (Å²) in [7, 11) is 0. The number of anilines is 1. The van der Waals surface area contributed by atoms with Crippen LogP contribution < -0.4 is 11.1 Å². The third-order valence-electron chi connectivity index (χ3n) is 2.67. The van der Waals surface area contributed by atoms with E-state index in [1.807, 2.05) is 13.8 Å². The van der Waals surface area contributed by atoms with E-state index in [9.17, 15) is 9.18 Å². The van der Waals surface area contributed by atoms with E-state index >= 15 is 0 Å². The zero-order valence-corrected chi connectivity index (χ0v) is 9.53. The van der Waals surface area contributed by atoms with Crippen molar-refractivity contribution in [3.05, 3.63) is 30.1 Å². The normalized spacial score (nSPS) is 14.2. The Morgan fingerprint density at radius 2 is 2.00 bits per heavy atom. The highest BCUT2D eigenvalue weighted by Crippen LogP contribution is 2.11. The molecule has 2 atom stereocenters. The molecule has 4 heteroatoms. The third kappa shape index (κ3) is 3.31. The van der Waals surface area contributed by atoms with Crippen molar-refractivity contribution in [3.8, 4) is 0 Å². The molecule has 1 rings (SSSR count). The first-order valence-electron chi connectivity index (χ1n) is 5.36. The van der Waals surface area contributed by atoms with Crippen LogP contribution in [0.5, 0.6) is 0 Å². The van der Waals surface area contributed by atoms with Crippen molar-refractivity contribution in [2.45, 2.75) is 26.3 Å². The largest absolute Gasteiger partial charge is 0.325 e. The lowest BCUT2D eigenvalue weighted by Crippen LogP contribution is -2.40. The van der Waals surface area contributed by atoms with Gasteiger partial charge in [0.25, 0.3) is 0 Å². The number of hydrogen-bond acceptors (Lipinski definition) is 2. The van der Waals surface area contributed by atoms with E-state index < -0.39 is 6.04 Å². The van der Waals surface area contributed by atoms with Crippen LogP contribution in [0.3, 0.4) is 0 Å². The highest BCUT2D eigenvalue weighted by molar-refractivity contribution is 5.94. The Bertz CT molecular complexity index is 351. The number of nitrogens with two attached hydrogens (primary N) is 1. The number of halogens is 1. The van der Waals surface area contributed by atoms with Crippen LogP contribution in [0.2, 0.25) is 0 Å². The summed E-state index contributed by atoms with van der Waals surface area (Å²) in [6.07, 6.45) is 0.845. The van der Waals surface area contributed by atoms with Crippen LogP contribution >= 0.6 is 0 Å². The molecule has 0 saturated heterocycles. The maximum Gasteiger partial charge on any atom is 0.241 e. The monoisotopic (exact) mass is 224 g/mol. The quantitative estimate of drug-likeness (QED) is 0.823. The Hall–Kier alpha value is -1.42. The lowest BCUT2D eigenvalue weighted by molar-refractivity contribution is -0.118. The van der Waals surface area contributed by atoms with E-state index in [2.05, 4.69) is 5.32 Å². The van der Waals surface area contributed by atoms with Gasteiger partial charge in [0, 0.05) is 5.69 Å². The molecule has 0 spiro atoms. The summed E-state index contributed by atoms with van der Waals surface area (Å²) in [5.74, 6) is -0.439. The molecule has 0 bridgehead atoms. The van der Waals surface area contributed by atoms with Gasteiger partial charge in [-0.15, -0.1) is 0 Å². The first kappa shape index (κ1) is 12.6. The number of amides is 1. The molecule has 0 heterocycles. The number of rotatable bonds is 4. The molecule has 0 aromatic heterocycles. The Morgan fingerprint density at radius 1 is 1.44 bits per heavy atom. The molecular weight excluding hydrogens is 207 g/mol. The van der Waals surface area contributed by atoms with Gasteiger partial charge in [0.15, 0.2) is 0 Å². The smallest absolute Gasteiger partial charge is 0.241 e. The van der Waals surface area contributed by atoms with Crippen molar-refractivity contribution in [1.82, 2.24) is 0 Å². The lowest BCUT2D eigenvalue weighted by Gasteiger charge is -2.17. The van der Waals surface area contributed by atoms with Gasteiger partial charge in [0.1, 0.15) is 5.82 Å². The predicted molar refractivity (Wildman–Crippen MR) is 62.5 cm³/mol. The predicted octanol–water partition coefficient (Wildman–Crippen LogP) is 2.14. The summed E-state index contributed by atoms with van der Waals surface area (Å²) in [6, 6.07) is 5.08. The maximum atomic E-state index is 12.6. The van der Waals surface area contributed by atoms with E-state index in [0.717, 1.165) is 6.42 Å². The van der Waals surface area contributed by atoms with Gasteiger partial charge in [-0.05, 0) is 30.2 Å². The van der Waals surface area contributed by atoms with Crippen LogP contribution in [0.4, 0.5) is 10.1 Å². The summed E-state index contributed by atoms with van der Waals surface area (Å²) in [6.45, 7) is 3.91. The number of nitrogens with one attached hydrogen (secondary N) is 1. The number of carbonyl (C=O) groups is 1. The Balaban J connectivity index is 2.60. The Morgan fingerprint density at radius 3 is 2.50 bits per heavy atom. The zero-order valence-electron chi connectivity index (χ0n) is 9.53. The molecular formula is C12H17FN2O. The van der Waals surface area contributed by atoms with Crippen LogP contribution in [0.15, 0.2) is 24.3 Å². The number of benzene rings is 1. The van der Waals surface area contributed by atoms with Crippen molar-refractivity contribution in [2.24, 2.45) is 11.7 Å². The average Bonchev–Trinajstić information content (AvgIpc) is 2.30. The minimum atomic E-state index is -0.532. The van der Waals surface area contributed by atoms with E-state index in [4.69, 9.17) is 5.73 Å².